The zero-order valence-corrected chi connectivity index (χ0v) is 8.75. The van der Waals surface area contributed by atoms with Gasteiger partial charge in [0.15, 0.2) is 0 Å². The lowest BCUT2D eigenvalue weighted by molar-refractivity contribution is 0.438. The lowest BCUT2D eigenvalue weighted by Crippen LogP contribution is -2.26. The van der Waals surface area contributed by atoms with Crippen molar-refractivity contribution >= 4 is 6.08 Å². The maximum atomic E-state index is 13.3. The molecule has 1 aromatic carbocycles. The van der Waals surface area contributed by atoms with Crippen LogP contribution in [0.1, 0.15) is 18.4 Å². The van der Waals surface area contributed by atoms with Gasteiger partial charge in [0.2, 0.25) is 0 Å². The first kappa shape index (κ1) is 10.4. The molecule has 0 aliphatic carbocycles. The maximum absolute atomic E-state index is 13.3. The number of hydrogen-bond donors (Lipinski definition) is 1. The van der Waals surface area contributed by atoms with Crippen LogP contribution in [-0.4, -0.2) is 13.1 Å². The average molecular weight is 205 g/mol. The van der Waals surface area contributed by atoms with Crippen molar-refractivity contribution in [2.24, 2.45) is 5.92 Å². The molecule has 1 fully saturated rings. The highest BCUT2D eigenvalue weighted by Crippen LogP contribution is 2.16. The van der Waals surface area contributed by atoms with Crippen LogP contribution < -0.4 is 5.32 Å². The summed E-state index contributed by atoms with van der Waals surface area (Å²) in [6.45, 7) is 2.15. The Kier molecular flexibility index (Phi) is 3.51. The number of halogens is 1. The minimum Gasteiger partial charge on any atom is -0.317 e. The van der Waals surface area contributed by atoms with Crippen LogP contribution in [0.3, 0.4) is 0 Å². The quantitative estimate of drug-likeness (QED) is 0.782. The topological polar surface area (TPSA) is 12.0 Å². The van der Waals surface area contributed by atoms with Gasteiger partial charge in [0.1, 0.15) is 5.82 Å². The lowest BCUT2D eigenvalue weighted by atomic mass is 9.97. The molecule has 0 spiro atoms. The SMILES string of the molecule is Fc1ccccc1C=CC1CCNCC1. The van der Waals surface area contributed by atoms with E-state index in [4.69, 9.17) is 0 Å². The van der Waals surface area contributed by atoms with Gasteiger partial charge in [-0.15, -0.1) is 0 Å². The molecule has 1 aromatic rings. The highest BCUT2D eigenvalue weighted by Gasteiger charge is 2.09. The molecule has 1 heterocycles. The molecule has 15 heavy (non-hydrogen) atoms. The Balaban J connectivity index is 2.01. The van der Waals surface area contributed by atoms with Crippen molar-refractivity contribution < 1.29 is 4.39 Å². The molecule has 0 bridgehead atoms. The van der Waals surface area contributed by atoms with E-state index in [9.17, 15) is 4.39 Å². The van der Waals surface area contributed by atoms with E-state index in [0.29, 0.717) is 11.5 Å². The highest BCUT2D eigenvalue weighted by molar-refractivity contribution is 5.49. The van der Waals surface area contributed by atoms with Crippen LogP contribution in [0.15, 0.2) is 30.3 Å². The number of nitrogens with one attached hydrogen (secondary N) is 1. The zero-order chi connectivity index (χ0) is 10.5. The van der Waals surface area contributed by atoms with Gasteiger partial charge in [0, 0.05) is 5.56 Å². The summed E-state index contributed by atoms with van der Waals surface area (Å²) < 4.78 is 13.3. The number of piperidine rings is 1. The van der Waals surface area contributed by atoms with Crippen LogP contribution in [0.2, 0.25) is 0 Å². The van der Waals surface area contributed by atoms with Gasteiger partial charge in [-0.1, -0.05) is 30.4 Å². The van der Waals surface area contributed by atoms with Gasteiger partial charge in [0.05, 0.1) is 0 Å². The molecular weight excluding hydrogens is 189 g/mol. The summed E-state index contributed by atoms with van der Waals surface area (Å²) >= 11 is 0. The second kappa shape index (κ2) is 5.08. The third kappa shape index (κ3) is 2.90. The lowest BCUT2D eigenvalue weighted by Gasteiger charge is -2.19. The van der Waals surface area contributed by atoms with Gasteiger partial charge in [0.25, 0.3) is 0 Å². The number of hydrogen-bond acceptors (Lipinski definition) is 1. The summed E-state index contributed by atoms with van der Waals surface area (Å²) in [5, 5.41) is 3.32. The Labute approximate surface area is 90.0 Å². The van der Waals surface area contributed by atoms with E-state index in [2.05, 4.69) is 11.4 Å². The molecule has 0 amide bonds. The Morgan fingerprint density at radius 2 is 1.93 bits per heavy atom. The van der Waals surface area contributed by atoms with E-state index in [1.807, 2.05) is 18.2 Å². The van der Waals surface area contributed by atoms with Crippen LogP contribution in [0, 0.1) is 11.7 Å². The fourth-order valence-electron chi connectivity index (χ4n) is 1.89. The fourth-order valence-corrected chi connectivity index (χ4v) is 1.89. The molecule has 2 heteroatoms. The summed E-state index contributed by atoms with van der Waals surface area (Å²) in [6.07, 6.45) is 6.36. The Bertz CT molecular complexity index is 340. The van der Waals surface area contributed by atoms with Gasteiger partial charge >= 0.3 is 0 Å². The molecular formula is C13H16FN. The van der Waals surface area contributed by atoms with E-state index in [0.717, 1.165) is 25.9 Å². The molecule has 1 nitrogen and oxygen atoms in total. The average Bonchev–Trinajstić information content (AvgIpc) is 2.29. The largest absolute Gasteiger partial charge is 0.317 e. The van der Waals surface area contributed by atoms with Gasteiger partial charge in [-0.05, 0) is 37.9 Å². The summed E-state index contributed by atoms with van der Waals surface area (Å²) in [5.41, 5.74) is 0.691. The third-order valence-electron chi connectivity index (χ3n) is 2.84. The van der Waals surface area contributed by atoms with E-state index < -0.39 is 0 Å². The predicted molar refractivity (Wildman–Crippen MR) is 61.0 cm³/mol. The molecule has 0 radical (unpaired) electrons. The van der Waals surface area contributed by atoms with Crippen LogP contribution in [0.25, 0.3) is 6.08 Å². The van der Waals surface area contributed by atoms with Crippen LogP contribution >= 0.6 is 0 Å². The molecule has 2 rings (SSSR count). The second-order valence-electron chi connectivity index (χ2n) is 3.97. The molecule has 0 saturated carbocycles. The van der Waals surface area contributed by atoms with E-state index in [1.165, 1.54) is 6.07 Å². The molecule has 1 aliphatic heterocycles. The van der Waals surface area contributed by atoms with Gasteiger partial charge < -0.3 is 5.32 Å². The molecule has 80 valence electrons. The standard InChI is InChI=1S/C13H16FN/c14-13-4-2-1-3-12(13)6-5-11-7-9-15-10-8-11/h1-6,11,15H,7-10H2. The van der Waals surface area contributed by atoms with E-state index >= 15 is 0 Å². The molecule has 0 unspecified atom stereocenters. The maximum Gasteiger partial charge on any atom is 0.130 e. The number of rotatable bonds is 2. The Hall–Kier alpha value is -1.15. The monoisotopic (exact) mass is 205 g/mol. The second-order valence-corrected chi connectivity index (χ2v) is 3.97. The van der Waals surface area contributed by atoms with Crippen molar-refractivity contribution in [3.8, 4) is 0 Å². The van der Waals surface area contributed by atoms with Gasteiger partial charge in [-0.2, -0.15) is 0 Å². The molecule has 1 aliphatic rings. The summed E-state index contributed by atoms with van der Waals surface area (Å²) in [6, 6.07) is 6.90. The minimum absolute atomic E-state index is 0.136. The summed E-state index contributed by atoms with van der Waals surface area (Å²) in [7, 11) is 0. The van der Waals surface area contributed by atoms with Crippen molar-refractivity contribution in [3.63, 3.8) is 0 Å². The Morgan fingerprint density at radius 3 is 2.67 bits per heavy atom. The van der Waals surface area contributed by atoms with Crippen molar-refractivity contribution in [1.82, 2.24) is 5.32 Å². The van der Waals surface area contributed by atoms with Crippen LogP contribution in [-0.2, 0) is 0 Å². The Morgan fingerprint density at radius 1 is 1.20 bits per heavy atom. The normalized spacial score (nSPS) is 18.5. The first-order valence-corrected chi connectivity index (χ1v) is 5.50. The van der Waals surface area contributed by atoms with E-state index in [-0.39, 0.29) is 5.82 Å². The van der Waals surface area contributed by atoms with Crippen molar-refractivity contribution in [3.05, 3.63) is 41.7 Å². The number of allylic oxidation sites excluding steroid dienone is 1. The zero-order valence-electron chi connectivity index (χ0n) is 8.75. The van der Waals surface area contributed by atoms with Crippen molar-refractivity contribution in [1.29, 1.82) is 0 Å². The smallest absolute Gasteiger partial charge is 0.130 e. The first-order valence-electron chi connectivity index (χ1n) is 5.50. The molecule has 1 saturated heterocycles. The van der Waals surface area contributed by atoms with Gasteiger partial charge in [-0.3, -0.25) is 0 Å². The molecule has 0 aromatic heterocycles. The molecule has 1 N–H and O–H groups in total. The van der Waals surface area contributed by atoms with E-state index in [1.54, 1.807) is 6.07 Å². The third-order valence-corrected chi connectivity index (χ3v) is 2.84. The van der Waals surface area contributed by atoms with Crippen LogP contribution in [0.5, 0.6) is 0 Å². The predicted octanol–water partition coefficient (Wildman–Crippen LogP) is 2.84. The van der Waals surface area contributed by atoms with Crippen LogP contribution in [0.4, 0.5) is 4.39 Å². The minimum atomic E-state index is -0.136. The molecule has 0 atom stereocenters. The fraction of sp³-hybridized carbons (Fsp3) is 0.385. The number of benzene rings is 1. The van der Waals surface area contributed by atoms with Crippen molar-refractivity contribution in [2.45, 2.75) is 12.8 Å². The first-order chi connectivity index (χ1) is 7.36. The highest BCUT2D eigenvalue weighted by atomic mass is 19.1. The summed E-state index contributed by atoms with van der Waals surface area (Å²) in [5.74, 6) is 0.466. The van der Waals surface area contributed by atoms with Crippen molar-refractivity contribution in [2.75, 3.05) is 13.1 Å². The van der Waals surface area contributed by atoms with Gasteiger partial charge in [-0.25, -0.2) is 4.39 Å². The summed E-state index contributed by atoms with van der Waals surface area (Å²) in [4.78, 5) is 0.